The van der Waals surface area contributed by atoms with Crippen LogP contribution < -0.4 is 4.74 Å². The van der Waals surface area contributed by atoms with E-state index in [-0.39, 0.29) is 30.0 Å². The molecule has 0 aliphatic rings. The summed E-state index contributed by atoms with van der Waals surface area (Å²) < 4.78 is 21.0. The second-order valence-electron chi connectivity index (χ2n) is 8.12. The third-order valence-electron chi connectivity index (χ3n) is 5.63. The Morgan fingerprint density at radius 3 is 2.83 bits per heavy atom. The average Bonchev–Trinajstić information content (AvgIpc) is 3.34. The molecule has 178 valence electrons. The second-order valence-corrected chi connectivity index (χ2v) is 8.12. The Morgan fingerprint density at radius 1 is 1.31 bits per heavy atom. The summed E-state index contributed by atoms with van der Waals surface area (Å²) in [5.74, 6) is -0.811. The lowest BCUT2D eigenvalue weighted by Crippen LogP contribution is -2.26. The van der Waals surface area contributed by atoms with Crippen molar-refractivity contribution in [3.63, 3.8) is 0 Å². The van der Waals surface area contributed by atoms with E-state index < -0.39 is 17.8 Å². The Balaban J connectivity index is 1.67. The fourth-order valence-corrected chi connectivity index (χ4v) is 4.01. The summed E-state index contributed by atoms with van der Waals surface area (Å²) in [4.78, 5) is 19.0. The number of aliphatic hydroxyl groups is 1. The molecule has 1 unspecified atom stereocenters. The van der Waals surface area contributed by atoms with Crippen LogP contribution in [-0.2, 0) is 6.54 Å². The number of H-pyrrole nitrogens is 1. The van der Waals surface area contributed by atoms with E-state index in [9.17, 15) is 15.2 Å². The molecule has 0 saturated carbocycles. The van der Waals surface area contributed by atoms with Gasteiger partial charge in [-0.15, -0.1) is 0 Å². The van der Waals surface area contributed by atoms with Crippen molar-refractivity contribution in [1.29, 1.82) is 5.26 Å². The van der Waals surface area contributed by atoms with Crippen LogP contribution in [0.25, 0.3) is 22.0 Å². The number of carbonyl (C=O) groups is 1. The highest BCUT2D eigenvalue weighted by Gasteiger charge is 2.21. The van der Waals surface area contributed by atoms with E-state index in [4.69, 9.17) is 4.74 Å². The van der Waals surface area contributed by atoms with Gasteiger partial charge in [0.2, 0.25) is 0 Å². The van der Waals surface area contributed by atoms with E-state index in [1.54, 1.807) is 57.6 Å². The van der Waals surface area contributed by atoms with E-state index in [1.165, 1.54) is 17.0 Å². The van der Waals surface area contributed by atoms with Crippen LogP contribution >= 0.6 is 0 Å². The molecule has 0 radical (unpaired) electrons. The zero-order chi connectivity index (χ0) is 25.1. The van der Waals surface area contributed by atoms with Gasteiger partial charge in [-0.1, -0.05) is 12.1 Å². The number of pyridine rings is 1. The highest BCUT2D eigenvalue weighted by molar-refractivity contribution is 5.96. The van der Waals surface area contributed by atoms with Gasteiger partial charge in [-0.05, 0) is 43.7 Å². The first kappa shape index (κ1) is 23.9. The Hall–Kier alpha value is -4.29. The van der Waals surface area contributed by atoms with Gasteiger partial charge in [-0.3, -0.25) is 14.9 Å². The van der Waals surface area contributed by atoms with Gasteiger partial charge in [0.25, 0.3) is 5.91 Å². The van der Waals surface area contributed by atoms with Crippen LogP contribution in [-0.4, -0.2) is 44.7 Å². The number of benzene rings is 2. The zero-order valence-corrected chi connectivity index (χ0v) is 19.5. The molecule has 2 aromatic heterocycles. The molecule has 2 N–H and O–H groups in total. The van der Waals surface area contributed by atoms with Crippen LogP contribution in [0, 0.1) is 17.1 Å². The number of aromatic amines is 1. The summed E-state index contributed by atoms with van der Waals surface area (Å²) >= 11 is 0. The molecule has 0 saturated heterocycles. The SMILES string of the molecule is CCOc1cc(C(=O)N(C)Cc2cnc(C(C)O)c3cn[nH]c23)cc(F)c1-c1cccc(C#N)c1. The maximum Gasteiger partial charge on any atom is 0.254 e. The van der Waals surface area contributed by atoms with Crippen LogP contribution in [0.4, 0.5) is 4.39 Å². The standard InChI is InChI=1S/C26H24FN5O3/c1-4-35-22-10-18(9-21(27)23(22)17-7-5-6-16(8-17)11-28)26(34)32(3)14-19-12-29-24(15(2)33)20-13-30-31-25(19)20/h5-10,12-13,15,33H,4,14H2,1-3H3,(H,30,31). The lowest BCUT2D eigenvalue weighted by Gasteiger charge is -2.20. The van der Waals surface area contributed by atoms with Crippen molar-refractivity contribution in [1.82, 2.24) is 20.1 Å². The van der Waals surface area contributed by atoms with E-state index in [1.807, 2.05) is 6.07 Å². The highest BCUT2D eigenvalue weighted by Crippen LogP contribution is 2.35. The number of ether oxygens (including phenoxy) is 1. The van der Waals surface area contributed by atoms with Gasteiger partial charge in [0.15, 0.2) is 0 Å². The van der Waals surface area contributed by atoms with Crippen LogP contribution in [0.15, 0.2) is 48.8 Å². The third-order valence-corrected chi connectivity index (χ3v) is 5.63. The number of halogens is 1. The number of fused-ring (bicyclic) bond motifs is 1. The van der Waals surface area contributed by atoms with Crippen molar-refractivity contribution < 1.29 is 19.0 Å². The molecular formula is C26H24FN5O3. The molecule has 0 aliphatic heterocycles. The number of carbonyl (C=O) groups excluding carboxylic acids is 1. The molecule has 0 bridgehead atoms. The lowest BCUT2D eigenvalue weighted by molar-refractivity contribution is 0.0784. The number of nitrogens with zero attached hydrogens (tertiary/aromatic N) is 4. The number of nitriles is 1. The number of nitrogens with one attached hydrogen (secondary N) is 1. The number of hydrogen-bond acceptors (Lipinski definition) is 6. The zero-order valence-electron chi connectivity index (χ0n) is 19.5. The fraction of sp³-hybridized carbons (Fsp3) is 0.231. The predicted molar refractivity (Wildman–Crippen MR) is 128 cm³/mol. The summed E-state index contributed by atoms with van der Waals surface area (Å²) in [6.45, 7) is 3.85. The van der Waals surface area contributed by atoms with Gasteiger partial charge in [0.05, 0.1) is 47.3 Å². The summed E-state index contributed by atoms with van der Waals surface area (Å²) in [5.41, 5.74) is 3.07. The summed E-state index contributed by atoms with van der Waals surface area (Å²) in [6, 6.07) is 11.3. The van der Waals surface area contributed by atoms with Crippen molar-refractivity contribution in [2.24, 2.45) is 0 Å². The molecular weight excluding hydrogens is 449 g/mol. The number of rotatable bonds is 7. The maximum absolute atomic E-state index is 15.3. The first-order valence-corrected chi connectivity index (χ1v) is 11.0. The topological polar surface area (TPSA) is 115 Å². The minimum absolute atomic E-state index is 0.128. The van der Waals surface area contributed by atoms with Crippen LogP contribution in [0.2, 0.25) is 0 Å². The molecule has 2 heterocycles. The molecule has 2 aromatic carbocycles. The van der Waals surface area contributed by atoms with Gasteiger partial charge in [-0.25, -0.2) is 4.39 Å². The van der Waals surface area contributed by atoms with Crippen LogP contribution in [0.1, 0.15) is 47.1 Å². The summed E-state index contributed by atoms with van der Waals surface area (Å²) in [7, 11) is 1.61. The highest BCUT2D eigenvalue weighted by atomic mass is 19.1. The van der Waals surface area contributed by atoms with Gasteiger partial charge < -0.3 is 14.7 Å². The van der Waals surface area contributed by atoms with Crippen molar-refractivity contribution in [3.8, 4) is 22.9 Å². The summed E-state index contributed by atoms with van der Waals surface area (Å²) in [5, 5.41) is 26.8. The van der Waals surface area contributed by atoms with Gasteiger partial charge in [0, 0.05) is 36.3 Å². The molecule has 0 fully saturated rings. The predicted octanol–water partition coefficient (Wildman–Crippen LogP) is 4.36. The minimum Gasteiger partial charge on any atom is -0.493 e. The Kier molecular flexibility index (Phi) is 6.75. The quantitative estimate of drug-likeness (QED) is 0.412. The van der Waals surface area contributed by atoms with Crippen molar-refractivity contribution in [2.75, 3.05) is 13.7 Å². The van der Waals surface area contributed by atoms with Crippen molar-refractivity contribution in [2.45, 2.75) is 26.5 Å². The molecule has 8 nitrogen and oxygen atoms in total. The Bertz CT molecular complexity index is 1440. The van der Waals surface area contributed by atoms with E-state index in [0.717, 1.165) is 0 Å². The minimum atomic E-state index is -0.768. The number of amides is 1. The van der Waals surface area contributed by atoms with Crippen molar-refractivity contribution in [3.05, 3.63) is 77.0 Å². The molecule has 35 heavy (non-hydrogen) atoms. The monoisotopic (exact) mass is 473 g/mol. The second kappa shape index (κ2) is 9.91. The number of hydrogen-bond donors (Lipinski definition) is 2. The lowest BCUT2D eigenvalue weighted by atomic mass is 9.99. The smallest absolute Gasteiger partial charge is 0.254 e. The normalized spacial score (nSPS) is 11.8. The molecule has 4 rings (SSSR count). The number of aromatic nitrogens is 3. The van der Waals surface area contributed by atoms with Gasteiger partial charge in [0.1, 0.15) is 11.6 Å². The third kappa shape index (κ3) is 4.69. The number of aliphatic hydroxyl groups excluding tert-OH is 1. The van der Waals surface area contributed by atoms with Crippen LogP contribution in [0.5, 0.6) is 5.75 Å². The van der Waals surface area contributed by atoms with Crippen LogP contribution in [0.3, 0.4) is 0 Å². The van der Waals surface area contributed by atoms with Gasteiger partial charge in [-0.2, -0.15) is 10.4 Å². The van der Waals surface area contributed by atoms with Gasteiger partial charge >= 0.3 is 0 Å². The molecule has 4 aromatic rings. The average molecular weight is 474 g/mol. The Morgan fingerprint density at radius 2 is 2.11 bits per heavy atom. The van der Waals surface area contributed by atoms with Crippen molar-refractivity contribution >= 4 is 16.8 Å². The first-order valence-electron chi connectivity index (χ1n) is 11.0. The molecule has 0 aliphatic carbocycles. The first-order chi connectivity index (χ1) is 16.8. The summed E-state index contributed by atoms with van der Waals surface area (Å²) in [6.07, 6.45) is 2.40. The van der Waals surface area contributed by atoms with E-state index >= 15 is 4.39 Å². The largest absolute Gasteiger partial charge is 0.493 e. The molecule has 9 heteroatoms. The molecule has 1 atom stereocenters. The van der Waals surface area contributed by atoms with E-state index in [0.29, 0.717) is 33.3 Å². The fourth-order valence-electron chi connectivity index (χ4n) is 4.01. The maximum atomic E-state index is 15.3. The van der Waals surface area contributed by atoms with E-state index in [2.05, 4.69) is 15.2 Å². The Labute approximate surface area is 201 Å². The molecule has 0 spiro atoms. The molecule has 1 amide bonds.